The van der Waals surface area contributed by atoms with Gasteiger partial charge in [0.15, 0.2) is 0 Å². The summed E-state index contributed by atoms with van der Waals surface area (Å²) in [5, 5.41) is 17.6. The first kappa shape index (κ1) is 16.5. The smallest absolute Gasteiger partial charge is 0.241 e. The summed E-state index contributed by atoms with van der Waals surface area (Å²) in [5.41, 5.74) is 0.915. The number of rotatable bonds is 8. The van der Waals surface area contributed by atoms with Crippen LogP contribution in [-0.4, -0.2) is 46.7 Å². The molecular weight excluding hydrogens is 282 g/mol. The molecule has 0 saturated carbocycles. The molecule has 22 heavy (non-hydrogen) atoms. The van der Waals surface area contributed by atoms with Gasteiger partial charge >= 0.3 is 0 Å². The van der Waals surface area contributed by atoms with Crippen LogP contribution in [0.3, 0.4) is 0 Å². The molecule has 1 aromatic heterocycles. The first-order chi connectivity index (χ1) is 10.6. The Morgan fingerprint density at radius 2 is 2.14 bits per heavy atom. The molecular formula is C16H23N3O3. The van der Waals surface area contributed by atoms with Crippen molar-refractivity contribution in [1.82, 2.24) is 15.1 Å². The van der Waals surface area contributed by atoms with Crippen LogP contribution in [0.5, 0.6) is 0 Å². The number of benzene rings is 1. The predicted octanol–water partition coefficient (Wildman–Crippen LogP) is 1.19. The summed E-state index contributed by atoms with van der Waals surface area (Å²) in [4.78, 5) is 11.9. The first-order valence-corrected chi connectivity index (χ1v) is 7.49. The molecule has 1 atom stereocenters. The van der Waals surface area contributed by atoms with E-state index < -0.39 is 6.10 Å². The zero-order valence-corrected chi connectivity index (χ0v) is 13.0. The molecule has 1 aromatic carbocycles. The van der Waals surface area contributed by atoms with Crippen molar-refractivity contribution < 1.29 is 14.6 Å². The Balaban J connectivity index is 1.76. The van der Waals surface area contributed by atoms with Crippen molar-refractivity contribution in [1.29, 1.82) is 0 Å². The lowest BCUT2D eigenvalue weighted by molar-refractivity contribution is -0.122. The Kier molecular flexibility index (Phi) is 5.91. The molecule has 0 spiro atoms. The standard InChI is InChI=1S/C16H23N3O3/c1-12(2)10-22-11-14(20)8-17-16(21)9-19-15-6-4-3-5-13(15)7-18-19/h3-7,12,14,20H,8-11H2,1-2H3,(H,17,21). The fraction of sp³-hybridized carbons (Fsp3) is 0.500. The Morgan fingerprint density at radius 3 is 2.91 bits per heavy atom. The molecule has 2 N–H and O–H groups in total. The number of para-hydroxylation sites is 1. The highest BCUT2D eigenvalue weighted by atomic mass is 16.5. The van der Waals surface area contributed by atoms with Crippen LogP contribution in [0.1, 0.15) is 13.8 Å². The fourth-order valence-electron chi connectivity index (χ4n) is 2.07. The lowest BCUT2D eigenvalue weighted by atomic mass is 10.2. The maximum atomic E-state index is 11.9. The fourth-order valence-corrected chi connectivity index (χ4v) is 2.07. The van der Waals surface area contributed by atoms with E-state index in [4.69, 9.17) is 4.74 Å². The van der Waals surface area contributed by atoms with Gasteiger partial charge in [-0.1, -0.05) is 32.0 Å². The molecule has 0 saturated heterocycles. The maximum Gasteiger partial charge on any atom is 0.241 e. The van der Waals surface area contributed by atoms with Gasteiger partial charge in [0.05, 0.1) is 24.4 Å². The molecule has 0 fully saturated rings. The number of aromatic nitrogens is 2. The van der Waals surface area contributed by atoms with Crippen LogP contribution in [0.15, 0.2) is 30.5 Å². The number of carbonyl (C=O) groups is 1. The minimum atomic E-state index is -0.697. The van der Waals surface area contributed by atoms with Crippen molar-refractivity contribution >= 4 is 16.8 Å². The molecule has 1 amide bonds. The Morgan fingerprint density at radius 1 is 1.36 bits per heavy atom. The number of hydrogen-bond donors (Lipinski definition) is 2. The molecule has 6 heteroatoms. The minimum Gasteiger partial charge on any atom is -0.389 e. The molecule has 2 aromatic rings. The normalized spacial score (nSPS) is 12.7. The molecule has 0 aliphatic rings. The van der Waals surface area contributed by atoms with Crippen molar-refractivity contribution in [2.45, 2.75) is 26.5 Å². The lowest BCUT2D eigenvalue weighted by Crippen LogP contribution is -2.36. The summed E-state index contributed by atoms with van der Waals surface area (Å²) < 4.78 is 6.98. The lowest BCUT2D eigenvalue weighted by Gasteiger charge is -2.13. The first-order valence-electron chi connectivity index (χ1n) is 7.49. The van der Waals surface area contributed by atoms with E-state index in [2.05, 4.69) is 10.4 Å². The zero-order valence-electron chi connectivity index (χ0n) is 13.0. The Bertz CT molecular complexity index is 609. The van der Waals surface area contributed by atoms with E-state index in [9.17, 15) is 9.90 Å². The molecule has 120 valence electrons. The third kappa shape index (κ3) is 4.82. The number of nitrogens with one attached hydrogen (secondary N) is 1. The molecule has 1 heterocycles. The van der Waals surface area contributed by atoms with Crippen molar-refractivity contribution in [3.05, 3.63) is 30.5 Å². The van der Waals surface area contributed by atoms with Gasteiger partial charge in [0.25, 0.3) is 0 Å². The van der Waals surface area contributed by atoms with Gasteiger partial charge in [0, 0.05) is 18.5 Å². The second kappa shape index (κ2) is 7.91. The van der Waals surface area contributed by atoms with E-state index in [1.54, 1.807) is 10.9 Å². The van der Waals surface area contributed by atoms with Gasteiger partial charge in [0.1, 0.15) is 6.54 Å². The van der Waals surface area contributed by atoms with Crippen LogP contribution in [0.2, 0.25) is 0 Å². The van der Waals surface area contributed by atoms with Crippen molar-refractivity contribution in [3.63, 3.8) is 0 Å². The number of aliphatic hydroxyl groups is 1. The van der Waals surface area contributed by atoms with E-state index in [-0.39, 0.29) is 25.6 Å². The minimum absolute atomic E-state index is 0.132. The maximum absolute atomic E-state index is 11.9. The highest BCUT2D eigenvalue weighted by Crippen LogP contribution is 2.12. The largest absolute Gasteiger partial charge is 0.389 e. The van der Waals surface area contributed by atoms with E-state index in [0.717, 1.165) is 10.9 Å². The number of hydrogen-bond acceptors (Lipinski definition) is 4. The molecule has 0 aliphatic carbocycles. The summed E-state index contributed by atoms with van der Waals surface area (Å²) in [6.07, 6.45) is 1.04. The SMILES string of the molecule is CC(C)COCC(O)CNC(=O)Cn1ncc2ccccc21. The molecule has 1 unspecified atom stereocenters. The summed E-state index contributed by atoms with van der Waals surface area (Å²) >= 11 is 0. The van der Waals surface area contributed by atoms with Gasteiger partial charge < -0.3 is 15.2 Å². The number of carbonyl (C=O) groups excluding carboxylic acids is 1. The highest BCUT2D eigenvalue weighted by Gasteiger charge is 2.10. The molecule has 6 nitrogen and oxygen atoms in total. The van der Waals surface area contributed by atoms with Gasteiger partial charge in [-0.3, -0.25) is 9.48 Å². The third-order valence-corrected chi connectivity index (χ3v) is 3.14. The van der Waals surface area contributed by atoms with E-state index in [1.807, 2.05) is 38.1 Å². The summed E-state index contributed by atoms with van der Waals surface area (Å²) in [5.74, 6) is 0.242. The van der Waals surface area contributed by atoms with Crippen LogP contribution in [0.4, 0.5) is 0 Å². The molecule has 2 rings (SSSR count). The molecule has 0 radical (unpaired) electrons. The number of amides is 1. The average molecular weight is 305 g/mol. The number of ether oxygens (including phenoxy) is 1. The quantitative estimate of drug-likeness (QED) is 0.768. The molecule has 0 bridgehead atoms. The molecule has 0 aliphatic heterocycles. The third-order valence-electron chi connectivity index (χ3n) is 3.14. The topological polar surface area (TPSA) is 76.4 Å². The van der Waals surface area contributed by atoms with Gasteiger partial charge in [-0.05, 0) is 12.0 Å². The highest BCUT2D eigenvalue weighted by molar-refractivity contribution is 5.81. The Labute approximate surface area is 130 Å². The van der Waals surface area contributed by atoms with E-state index in [0.29, 0.717) is 12.5 Å². The second-order valence-corrected chi connectivity index (χ2v) is 5.75. The summed E-state index contributed by atoms with van der Waals surface area (Å²) in [7, 11) is 0. The van der Waals surface area contributed by atoms with Gasteiger partial charge in [-0.15, -0.1) is 0 Å². The number of fused-ring (bicyclic) bond motifs is 1. The van der Waals surface area contributed by atoms with Crippen LogP contribution in [0, 0.1) is 5.92 Å². The van der Waals surface area contributed by atoms with Gasteiger partial charge in [-0.25, -0.2) is 0 Å². The van der Waals surface area contributed by atoms with Crippen molar-refractivity contribution in [2.24, 2.45) is 5.92 Å². The van der Waals surface area contributed by atoms with Crippen LogP contribution in [0.25, 0.3) is 10.9 Å². The monoisotopic (exact) mass is 305 g/mol. The van der Waals surface area contributed by atoms with E-state index in [1.165, 1.54) is 0 Å². The number of aliphatic hydroxyl groups excluding tert-OH is 1. The zero-order chi connectivity index (χ0) is 15.9. The van der Waals surface area contributed by atoms with E-state index >= 15 is 0 Å². The van der Waals surface area contributed by atoms with Gasteiger partial charge in [0.2, 0.25) is 5.91 Å². The van der Waals surface area contributed by atoms with Gasteiger partial charge in [-0.2, -0.15) is 5.10 Å². The van der Waals surface area contributed by atoms with Crippen LogP contribution < -0.4 is 5.32 Å². The van der Waals surface area contributed by atoms with Crippen molar-refractivity contribution in [2.75, 3.05) is 19.8 Å². The number of nitrogens with zero attached hydrogens (tertiary/aromatic N) is 2. The Hall–Kier alpha value is -1.92. The summed E-state index contributed by atoms with van der Waals surface area (Å²) in [6, 6.07) is 7.72. The predicted molar refractivity (Wildman–Crippen MR) is 84.4 cm³/mol. The summed E-state index contributed by atoms with van der Waals surface area (Å²) in [6.45, 7) is 5.22. The van der Waals surface area contributed by atoms with Crippen LogP contribution >= 0.6 is 0 Å². The van der Waals surface area contributed by atoms with Crippen molar-refractivity contribution in [3.8, 4) is 0 Å². The average Bonchev–Trinajstić information content (AvgIpc) is 2.88. The van der Waals surface area contributed by atoms with Crippen LogP contribution in [-0.2, 0) is 16.1 Å². The second-order valence-electron chi connectivity index (χ2n) is 5.75.